The molecule has 8 nitrogen and oxygen atoms in total. The van der Waals surface area contributed by atoms with Crippen LogP contribution in [0.4, 0.5) is 5.13 Å². The lowest BCUT2D eigenvalue weighted by atomic mass is 10.1. The summed E-state index contributed by atoms with van der Waals surface area (Å²) in [5.74, 6) is 0.377. The SMILES string of the molecule is Cc1csc(NC(=O)CCn2c(C)nc3c(cnn3C(C)(C)C)c2=O)n1. The minimum absolute atomic E-state index is 0.167. The standard InChI is InChI=1S/C17H22N6O2S/c1-10-9-26-16(19-10)21-13(24)6-7-22-11(2)20-14-12(15(22)25)8-18-23(14)17(3,4)5/h8-9H,6-7H2,1-5H3,(H,19,21,24). The van der Waals surface area contributed by atoms with E-state index in [1.165, 1.54) is 15.9 Å². The maximum absolute atomic E-state index is 12.8. The quantitative estimate of drug-likeness (QED) is 0.757. The van der Waals surface area contributed by atoms with Crippen LogP contribution < -0.4 is 10.9 Å². The summed E-state index contributed by atoms with van der Waals surface area (Å²) in [6.07, 6.45) is 1.71. The van der Waals surface area contributed by atoms with Gasteiger partial charge in [0.1, 0.15) is 11.2 Å². The largest absolute Gasteiger partial charge is 0.302 e. The summed E-state index contributed by atoms with van der Waals surface area (Å²) in [7, 11) is 0. The summed E-state index contributed by atoms with van der Waals surface area (Å²) in [6.45, 7) is 9.91. The number of hydrogen-bond acceptors (Lipinski definition) is 6. The van der Waals surface area contributed by atoms with Crippen LogP contribution in [0, 0.1) is 13.8 Å². The molecule has 0 unspecified atom stereocenters. The van der Waals surface area contributed by atoms with E-state index in [9.17, 15) is 9.59 Å². The van der Waals surface area contributed by atoms with Crippen molar-refractivity contribution in [3.63, 3.8) is 0 Å². The van der Waals surface area contributed by atoms with Gasteiger partial charge < -0.3 is 5.32 Å². The van der Waals surface area contributed by atoms with Gasteiger partial charge in [-0.15, -0.1) is 11.3 Å². The van der Waals surface area contributed by atoms with Gasteiger partial charge in [0.05, 0.1) is 17.4 Å². The highest BCUT2D eigenvalue weighted by atomic mass is 32.1. The molecule has 26 heavy (non-hydrogen) atoms. The van der Waals surface area contributed by atoms with Crippen molar-refractivity contribution >= 4 is 33.4 Å². The second-order valence-electron chi connectivity index (χ2n) is 7.17. The number of aryl methyl sites for hydroxylation is 2. The van der Waals surface area contributed by atoms with Gasteiger partial charge in [-0.1, -0.05) is 0 Å². The first-order valence-corrected chi connectivity index (χ1v) is 9.22. The number of nitrogens with one attached hydrogen (secondary N) is 1. The highest BCUT2D eigenvalue weighted by molar-refractivity contribution is 7.13. The molecule has 0 atom stereocenters. The Hall–Kier alpha value is -2.55. The maximum Gasteiger partial charge on any atom is 0.264 e. The van der Waals surface area contributed by atoms with E-state index in [4.69, 9.17) is 0 Å². The number of amides is 1. The Morgan fingerprint density at radius 1 is 1.27 bits per heavy atom. The summed E-state index contributed by atoms with van der Waals surface area (Å²) in [4.78, 5) is 33.7. The molecule has 3 aromatic heterocycles. The first-order valence-electron chi connectivity index (χ1n) is 8.34. The molecule has 0 aromatic carbocycles. The lowest BCUT2D eigenvalue weighted by molar-refractivity contribution is -0.116. The molecule has 0 bridgehead atoms. The average molecular weight is 374 g/mol. The Balaban J connectivity index is 1.82. The highest BCUT2D eigenvalue weighted by Crippen LogP contribution is 2.19. The molecule has 0 spiro atoms. The molecule has 0 aliphatic rings. The number of aromatic nitrogens is 5. The number of anilines is 1. The third kappa shape index (κ3) is 3.52. The Labute approximate surface area is 154 Å². The molecular weight excluding hydrogens is 352 g/mol. The molecule has 0 saturated carbocycles. The minimum Gasteiger partial charge on any atom is -0.302 e. The summed E-state index contributed by atoms with van der Waals surface area (Å²) in [5, 5.41) is 9.96. The van der Waals surface area contributed by atoms with Crippen LogP contribution in [0.5, 0.6) is 0 Å². The van der Waals surface area contributed by atoms with Crippen LogP contribution in [0.15, 0.2) is 16.4 Å². The number of thiazole rings is 1. The fourth-order valence-corrected chi connectivity index (χ4v) is 3.37. The van der Waals surface area contributed by atoms with Crippen molar-refractivity contribution in [3.05, 3.63) is 33.4 Å². The maximum atomic E-state index is 12.8. The van der Waals surface area contributed by atoms with E-state index in [1.807, 2.05) is 33.1 Å². The molecule has 9 heteroatoms. The van der Waals surface area contributed by atoms with Crippen molar-refractivity contribution in [3.8, 4) is 0 Å². The molecule has 0 radical (unpaired) electrons. The number of fused-ring (bicyclic) bond motifs is 1. The zero-order valence-corrected chi connectivity index (χ0v) is 16.3. The Bertz CT molecular complexity index is 1020. The van der Waals surface area contributed by atoms with Crippen molar-refractivity contribution in [2.24, 2.45) is 0 Å². The molecular formula is C17H22N6O2S. The molecule has 0 aliphatic heterocycles. The topological polar surface area (TPSA) is 94.7 Å². The van der Waals surface area contributed by atoms with Crippen LogP contribution in [0.3, 0.4) is 0 Å². The van der Waals surface area contributed by atoms with E-state index in [0.29, 0.717) is 22.0 Å². The third-order valence-electron chi connectivity index (χ3n) is 3.94. The number of nitrogens with zero attached hydrogens (tertiary/aromatic N) is 5. The second kappa shape index (κ2) is 6.64. The van der Waals surface area contributed by atoms with E-state index in [0.717, 1.165) is 5.69 Å². The molecule has 1 amide bonds. The summed E-state index contributed by atoms with van der Waals surface area (Å²) in [6, 6.07) is 0. The van der Waals surface area contributed by atoms with Crippen molar-refractivity contribution in [2.45, 2.75) is 53.1 Å². The van der Waals surface area contributed by atoms with Gasteiger partial charge in [-0.05, 0) is 34.6 Å². The van der Waals surface area contributed by atoms with Crippen molar-refractivity contribution < 1.29 is 4.79 Å². The van der Waals surface area contributed by atoms with Crippen LogP contribution in [0.2, 0.25) is 0 Å². The minimum atomic E-state index is -0.272. The van der Waals surface area contributed by atoms with Gasteiger partial charge >= 0.3 is 0 Å². The molecule has 3 heterocycles. The molecule has 0 fully saturated rings. The molecule has 0 saturated heterocycles. The molecule has 1 N–H and O–H groups in total. The Morgan fingerprint density at radius 2 is 2.00 bits per heavy atom. The van der Waals surface area contributed by atoms with Crippen LogP contribution >= 0.6 is 11.3 Å². The van der Waals surface area contributed by atoms with E-state index >= 15 is 0 Å². The van der Waals surface area contributed by atoms with Gasteiger partial charge in [0.25, 0.3) is 5.56 Å². The van der Waals surface area contributed by atoms with Gasteiger partial charge in [0.15, 0.2) is 10.8 Å². The van der Waals surface area contributed by atoms with Crippen LogP contribution in [0.25, 0.3) is 11.0 Å². The van der Waals surface area contributed by atoms with Crippen LogP contribution in [0.1, 0.15) is 38.7 Å². The normalized spacial score (nSPS) is 11.9. The molecule has 3 aromatic rings. The Morgan fingerprint density at radius 3 is 2.62 bits per heavy atom. The number of carbonyl (C=O) groups excluding carboxylic acids is 1. The van der Waals surface area contributed by atoms with Gasteiger partial charge in [-0.25, -0.2) is 14.6 Å². The average Bonchev–Trinajstić information content (AvgIpc) is 3.12. The van der Waals surface area contributed by atoms with E-state index in [1.54, 1.807) is 17.8 Å². The first-order chi connectivity index (χ1) is 12.2. The van der Waals surface area contributed by atoms with Crippen molar-refractivity contribution in [1.82, 2.24) is 24.3 Å². The monoisotopic (exact) mass is 374 g/mol. The first kappa shape index (κ1) is 18.2. The molecule has 138 valence electrons. The van der Waals surface area contributed by atoms with Crippen molar-refractivity contribution in [2.75, 3.05) is 5.32 Å². The number of carbonyl (C=O) groups is 1. The van der Waals surface area contributed by atoms with Gasteiger partial charge in [0, 0.05) is 18.3 Å². The van der Waals surface area contributed by atoms with Gasteiger partial charge in [-0.2, -0.15) is 5.10 Å². The Kier molecular flexibility index (Phi) is 4.66. The smallest absolute Gasteiger partial charge is 0.264 e. The fourth-order valence-electron chi connectivity index (χ4n) is 2.67. The van der Waals surface area contributed by atoms with E-state index in [2.05, 4.69) is 20.4 Å². The lowest BCUT2D eigenvalue weighted by Gasteiger charge is -2.20. The summed E-state index contributed by atoms with van der Waals surface area (Å²) in [5.41, 5.74) is 0.980. The van der Waals surface area contributed by atoms with Crippen LogP contribution in [-0.4, -0.2) is 30.2 Å². The predicted octanol–water partition coefficient (Wildman–Crippen LogP) is 2.45. The zero-order valence-electron chi connectivity index (χ0n) is 15.5. The fraction of sp³-hybridized carbons (Fsp3) is 0.471. The van der Waals surface area contributed by atoms with Gasteiger partial charge in [-0.3, -0.25) is 14.2 Å². The third-order valence-corrected chi connectivity index (χ3v) is 4.82. The molecule has 0 aliphatic carbocycles. The van der Waals surface area contributed by atoms with Gasteiger partial charge in [0.2, 0.25) is 5.91 Å². The lowest BCUT2D eigenvalue weighted by Crippen LogP contribution is -2.28. The second-order valence-corrected chi connectivity index (χ2v) is 8.03. The highest BCUT2D eigenvalue weighted by Gasteiger charge is 2.21. The van der Waals surface area contributed by atoms with E-state index < -0.39 is 0 Å². The zero-order chi connectivity index (χ0) is 19.1. The predicted molar refractivity (Wildman–Crippen MR) is 102 cm³/mol. The summed E-state index contributed by atoms with van der Waals surface area (Å²) >= 11 is 1.38. The van der Waals surface area contributed by atoms with Crippen molar-refractivity contribution in [1.29, 1.82) is 0 Å². The summed E-state index contributed by atoms with van der Waals surface area (Å²) < 4.78 is 3.27. The van der Waals surface area contributed by atoms with Crippen LogP contribution in [-0.2, 0) is 16.9 Å². The molecule has 3 rings (SSSR count). The number of hydrogen-bond donors (Lipinski definition) is 1. The number of rotatable bonds is 4. The van der Waals surface area contributed by atoms with E-state index in [-0.39, 0.29) is 30.0 Å².